The molecule has 40 heavy (non-hydrogen) atoms. The van der Waals surface area contributed by atoms with Crippen LogP contribution in [0, 0.1) is 25.6 Å². The Labute approximate surface area is 238 Å². The molecule has 0 bridgehead atoms. The summed E-state index contributed by atoms with van der Waals surface area (Å²) in [5.41, 5.74) is 3.93. The van der Waals surface area contributed by atoms with Crippen molar-refractivity contribution in [3.63, 3.8) is 0 Å². The maximum absolute atomic E-state index is 14.2. The van der Waals surface area contributed by atoms with Crippen LogP contribution in [0.2, 0.25) is 0 Å². The van der Waals surface area contributed by atoms with Crippen molar-refractivity contribution in [2.45, 2.75) is 57.9 Å². The third-order valence-electron chi connectivity index (χ3n) is 7.38. The van der Waals surface area contributed by atoms with E-state index in [9.17, 15) is 17.6 Å². The molecule has 1 aliphatic heterocycles. The van der Waals surface area contributed by atoms with E-state index < -0.39 is 21.8 Å². The Balaban J connectivity index is 1.45. The van der Waals surface area contributed by atoms with Gasteiger partial charge in [-0.15, -0.1) is 0 Å². The number of fused-ring (bicyclic) bond motifs is 1. The van der Waals surface area contributed by atoms with Crippen LogP contribution in [0.1, 0.15) is 49.6 Å². The molecule has 0 aliphatic carbocycles. The van der Waals surface area contributed by atoms with E-state index in [-0.39, 0.29) is 23.3 Å². The van der Waals surface area contributed by atoms with Gasteiger partial charge in [-0.3, -0.25) is 14.4 Å². The topological polar surface area (TPSA) is 88.4 Å². The zero-order chi connectivity index (χ0) is 28.6. The number of para-hydroxylation sites is 1. The fourth-order valence-corrected chi connectivity index (χ4v) is 7.83. The molecule has 0 radical (unpaired) electrons. The molecule has 11 heteroatoms. The maximum Gasteiger partial charge on any atom is 0.243 e. The van der Waals surface area contributed by atoms with Gasteiger partial charge in [0.2, 0.25) is 15.9 Å². The molecule has 3 heterocycles. The monoisotopic (exact) mass is 583 g/mol. The highest BCUT2D eigenvalue weighted by Crippen LogP contribution is 2.35. The molecule has 1 fully saturated rings. The summed E-state index contributed by atoms with van der Waals surface area (Å²) in [5.74, 6) is -0.895. The fraction of sp³-hybridized carbons (Fsp3) is 0.414. The van der Waals surface area contributed by atoms with Gasteiger partial charge >= 0.3 is 0 Å². The molecular formula is C29H34FN5O3S2. The second-order valence-electron chi connectivity index (χ2n) is 10.6. The minimum atomic E-state index is -3.86. The van der Waals surface area contributed by atoms with Crippen LogP contribution in [-0.4, -0.2) is 53.0 Å². The Morgan fingerprint density at radius 1 is 1.18 bits per heavy atom. The number of amides is 1. The number of rotatable bonds is 8. The molecule has 0 saturated carbocycles. The van der Waals surface area contributed by atoms with Crippen molar-refractivity contribution in [2.24, 2.45) is 5.92 Å². The Kier molecular flexibility index (Phi) is 8.08. The third-order valence-corrected chi connectivity index (χ3v) is 10.3. The third kappa shape index (κ3) is 5.68. The molecule has 0 N–H and O–H groups in total. The molecule has 5 rings (SSSR count). The zero-order valence-electron chi connectivity index (χ0n) is 23.2. The van der Waals surface area contributed by atoms with Crippen LogP contribution >= 0.6 is 11.3 Å². The molecule has 212 valence electrons. The first kappa shape index (κ1) is 28.4. The summed E-state index contributed by atoms with van der Waals surface area (Å²) in [5, 5.41) is 5.16. The van der Waals surface area contributed by atoms with Crippen molar-refractivity contribution in [2.75, 3.05) is 24.5 Å². The molecule has 1 aliphatic rings. The molecular weight excluding hydrogens is 549 g/mol. The molecule has 8 nitrogen and oxygen atoms in total. The summed E-state index contributed by atoms with van der Waals surface area (Å²) in [6.07, 6.45) is 1.13. The van der Waals surface area contributed by atoms with Crippen LogP contribution in [0.15, 0.2) is 53.4 Å². The molecule has 0 spiro atoms. The largest absolute Gasteiger partial charge is 0.286 e. The van der Waals surface area contributed by atoms with Gasteiger partial charge in [-0.2, -0.15) is 9.40 Å². The SMILES string of the molecule is Cc1cc(C)n(CCN(C(=O)C2CCCN(S(=O)(=O)c3ccc(F)cc3)C2)c2nc3c(C(C)C)cccc3s2)n1. The van der Waals surface area contributed by atoms with Crippen LogP contribution < -0.4 is 4.90 Å². The van der Waals surface area contributed by atoms with Gasteiger partial charge in [0.25, 0.3) is 0 Å². The average molecular weight is 584 g/mol. The number of aromatic nitrogens is 3. The maximum atomic E-state index is 14.2. The molecule has 2 aromatic heterocycles. The van der Waals surface area contributed by atoms with E-state index in [0.717, 1.165) is 39.3 Å². The highest BCUT2D eigenvalue weighted by molar-refractivity contribution is 7.89. The number of thiazole rings is 1. The van der Waals surface area contributed by atoms with Gasteiger partial charge in [0.1, 0.15) is 5.82 Å². The van der Waals surface area contributed by atoms with E-state index in [1.807, 2.05) is 36.7 Å². The number of sulfonamides is 1. The lowest BCUT2D eigenvalue weighted by Gasteiger charge is -2.33. The van der Waals surface area contributed by atoms with Crippen LogP contribution in [0.4, 0.5) is 9.52 Å². The first-order valence-corrected chi connectivity index (χ1v) is 15.8. The van der Waals surface area contributed by atoms with Crippen LogP contribution in [0.5, 0.6) is 0 Å². The summed E-state index contributed by atoms with van der Waals surface area (Å²) in [4.78, 5) is 20.8. The number of carbonyl (C=O) groups excluding carboxylic acids is 1. The number of halogens is 1. The van der Waals surface area contributed by atoms with E-state index in [1.54, 1.807) is 4.90 Å². The van der Waals surface area contributed by atoms with Crippen LogP contribution in [0.25, 0.3) is 10.2 Å². The molecule has 2 aromatic carbocycles. The molecule has 1 saturated heterocycles. The van der Waals surface area contributed by atoms with Crippen LogP contribution in [0.3, 0.4) is 0 Å². The number of aryl methyl sites for hydroxylation is 2. The van der Waals surface area contributed by atoms with E-state index >= 15 is 0 Å². The Morgan fingerprint density at radius 3 is 2.60 bits per heavy atom. The van der Waals surface area contributed by atoms with Gasteiger partial charge < -0.3 is 0 Å². The van der Waals surface area contributed by atoms with Gasteiger partial charge in [0, 0.05) is 25.3 Å². The minimum Gasteiger partial charge on any atom is -0.286 e. The summed E-state index contributed by atoms with van der Waals surface area (Å²) in [6.45, 7) is 9.39. The normalized spacial score (nSPS) is 16.6. The Bertz CT molecular complexity index is 1630. The predicted octanol–water partition coefficient (Wildman–Crippen LogP) is 5.51. The minimum absolute atomic E-state index is 0.0239. The standard InChI is InChI=1S/C29H34FN5O3S2/c1-19(2)25-8-5-9-26-27(25)31-29(39-26)34(15-16-35-21(4)17-20(3)32-35)28(36)22-7-6-14-33(18-22)40(37,38)24-12-10-23(30)11-13-24/h5,8-13,17,19,22H,6-7,14-16,18H2,1-4H3. The summed E-state index contributed by atoms with van der Waals surface area (Å²) in [6, 6.07) is 12.9. The lowest BCUT2D eigenvalue weighted by Crippen LogP contribution is -2.47. The Hall–Kier alpha value is -3.15. The smallest absolute Gasteiger partial charge is 0.243 e. The van der Waals surface area contributed by atoms with E-state index in [1.165, 1.54) is 27.8 Å². The van der Waals surface area contributed by atoms with E-state index in [2.05, 4.69) is 25.0 Å². The number of hydrogen-bond donors (Lipinski definition) is 0. The number of anilines is 1. The van der Waals surface area contributed by atoms with Crippen molar-refractivity contribution in [3.8, 4) is 0 Å². The van der Waals surface area contributed by atoms with Crippen molar-refractivity contribution >= 4 is 42.6 Å². The lowest BCUT2D eigenvalue weighted by atomic mass is 9.98. The number of benzene rings is 2. The average Bonchev–Trinajstić information content (AvgIpc) is 3.50. The number of nitrogens with zero attached hydrogens (tertiary/aromatic N) is 5. The number of carbonyl (C=O) groups is 1. The summed E-state index contributed by atoms with van der Waals surface area (Å²) < 4.78 is 44.3. The quantitative estimate of drug-likeness (QED) is 0.273. The van der Waals surface area contributed by atoms with Gasteiger partial charge in [-0.25, -0.2) is 17.8 Å². The molecule has 4 aromatic rings. The van der Waals surface area contributed by atoms with Crippen molar-refractivity contribution < 1.29 is 17.6 Å². The van der Waals surface area contributed by atoms with Crippen molar-refractivity contribution in [1.82, 2.24) is 19.1 Å². The second kappa shape index (κ2) is 11.4. The number of piperidine rings is 1. The molecule has 1 atom stereocenters. The van der Waals surface area contributed by atoms with Gasteiger partial charge in [-0.05, 0) is 74.6 Å². The number of hydrogen-bond acceptors (Lipinski definition) is 6. The van der Waals surface area contributed by atoms with E-state index in [4.69, 9.17) is 4.98 Å². The predicted molar refractivity (Wildman–Crippen MR) is 156 cm³/mol. The van der Waals surface area contributed by atoms with Crippen LogP contribution in [-0.2, 0) is 21.4 Å². The van der Waals surface area contributed by atoms with Gasteiger partial charge in [-0.1, -0.05) is 37.3 Å². The van der Waals surface area contributed by atoms with Crippen molar-refractivity contribution in [3.05, 3.63) is 71.3 Å². The summed E-state index contributed by atoms with van der Waals surface area (Å²) >= 11 is 1.48. The first-order chi connectivity index (χ1) is 19.0. The fourth-order valence-electron chi connectivity index (χ4n) is 5.27. The molecule has 1 unspecified atom stereocenters. The van der Waals surface area contributed by atoms with E-state index in [0.29, 0.717) is 37.6 Å². The highest BCUT2D eigenvalue weighted by atomic mass is 32.2. The van der Waals surface area contributed by atoms with Crippen molar-refractivity contribution in [1.29, 1.82) is 0 Å². The highest BCUT2D eigenvalue weighted by Gasteiger charge is 2.36. The first-order valence-electron chi connectivity index (χ1n) is 13.5. The Morgan fingerprint density at radius 2 is 1.93 bits per heavy atom. The molecule has 1 amide bonds. The summed E-state index contributed by atoms with van der Waals surface area (Å²) in [7, 11) is -3.86. The second-order valence-corrected chi connectivity index (χ2v) is 13.6. The zero-order valence-corrected chi connectivity index (χ0v) is 24.8. The van der Waals surface area contributed by atoms with Gasteiger partial charge in [0.15, 0.2) is 5.13 Å². The van der Waals surface area contributed by atoms with Gasteiger partial charge in [0.05, 0.1) is 33.3 Å². The lowest BCUT2D eigenvalue weighted by molar-refractivity contribution is -0.123.